The number of rotatable bonds is 2. The molecule has 2 N–H and O–H groups in total. The van der Waals surface area contributed by atoms with Gasteiger partial charge in [0.15, 0.2) is 5.69 Å². The van der Waals surface area contributed by atoms with E-state index in [-0.39, 0.29) is 17.4 Å². The van der Waals surface area contributed by atoms with E-state index in [2.05, 4.69) is 20.4 Å². The summed E-state index contributed by atoms with van der Waals surface area (Å²) in [6.07, 6.45) is 2.69. The van der Waals surface area contributed by atoms with Gasteiger partial charge < -0.3 is 4.90 Å². The first-order valence-electron chi connectivity index (χ1n) is 7.91. The number of benzene rings is 1. The van der Waals surface area contributed by atoms with Gasteiger partial charge >= 0.3 is 0 Å². The number of nitrogens with zero attached hydrogens (tertiary/aromatic N) is 3. The van der Waals surface area contributed by atoms with Gasteiger partial charge in [-0.25, -0.2) is 5.10 Å². The summed E-state index contributed by atoms with van der Waals surface area (Å²) in [7, 11) is 0. The van der Waals surface area contributed by atoms with Crippen molar-refractivity contribution in [3.63, 3.8) is 0 Å². The number of aryl methyl sites for hydroxylation is 1. The van der Waals surface area contributed by atoms with Crippen molar-refractivity contribution in [3.8, 4) is 0 Å². The van der Waals surface area contributed by atoms with Crippen LogP contribution in [0, 0.1) is 6.92 Å². The number of amides is 1. The molecule has 3 aromatic rings. The fourth-order valence-corrected chi connectivity index (χ4v) is 3.38. The summed E-state index contributed by atoms with van der Waals surface area (Å²) in [5.74, 6) is 0.104. The lowest BCUT2D eigenvalue weighted by Gasteiger charge is -2.16. The number of nitrogens with one attached hydrogen (secondary N) is 2. The highest BCUT2D eigenvalue weighted by molar-refractivity contribution is 6.04. The second kappa shape index (κ2) is 5.59. The highest BCUT2D eigenvalue weighted by Gasteiger charge is 2.31. The Bertz CT molecular complexity index is 974. The van der Waals surface area contributed by atoms with Crippen molar-refractivity contribution >= 4 is 16.7 Å². The predicted molar refractivity (Wildman–Crippen MR) is 88.9 cm³/mol. The van der Waals surface area contributed by atoms with Gasteiger partial charge in [0.1, 0.15) is 0 Å². The second-order valence-corrected chi connectivity index (χ2v) is 6.15. The molecule has 0 bridgehead atoms. The molecule has 24 heavy (non-hydrogen) atoms. The van der Waals surface area contributed by atoms with Crippen LogP contribution in [0.3, 0.4) is 0 Å². The van der Waals surface area contributed by atoms with E-state index < -0.39 is 0 Å². The van der Waals surface area contributed by atoms with Crippen LogP contribution in [0.1, 0.15) is 34.1 Å². The number of carbonyl (C=O) groups is 1. The largest absolute Gasteiger partial charge is 0.337 e. The fourth-order valence-electron chi connectivity index (χ4n) is 3.38. The Labute approximate surface area is 137 Å². The lowest BCUT2D eigenvalue weighted by molar-refractivity contribution is 0.0786. The SMILES string of the molecule is Cc1cn[nH]c1[C@@H]1CCN(C(=O)c2n[nH]c(=O)c3ccccc23)C1. The van der Waals surface area contributed by atoms with E-state index in [9.17, 15) is 9.59 Å². The van der Waals surface area contributed by atoms with Gasteiger partial charge in [0.2, 0.25) is 0 Å². The van der Waals surface area contributed by atoms with E-state index >= 15 is 0 Å². The number of likely N-dealkylation sites (tertiary alicyclic amines) is 1. The van der Waals surface area contributed by atoms with Crippen LogP contribution in [0.25, 0.3) is 10.8 Å². The molecule has 1 aromatic carbocycles. The molecule has 122 valence electrons. The van der Waals surface area contributed by atoms with Gasteiger partial charge in [-0.15, -0.1) is 0 Å². The molecule has 0 radical (unpaired) electrons. The molecule has 1 saturated heterocycles. The maximum atomic E-state index is 12.9. The maximum absolute atomic E-state index is 12.9. The summed E-state index contributed by atoms with van der Waals surface area (Å²) in [6, 6.07) is 7.05. The molecule has 1 amide bonds. The predicted octanol–water partition coefficient (Wildman–Crippen LogP) is 1.58. The van der Waals surface area contributed by atoms with Crippen molar-refractivity contribution in [1.29, 1.82) is 0 Å². The van der Waals surface area contributed by atoms with Crippen molar-refractivity contribution in [1.82, 2.24) is 25.3 Å². The third kappa shape index (κ3) is 2.29. The lowest BCUT2D eigenvalue weighted by Crippen LogP contribution is -2.30. The summed E-state index contributed by atoms with van der Waals surface area (Å²) < 4.78 is 0. The molecule has 2 aromatic heterocycles. The van der Waals surface area contributed by atoms with Crippen LogP contribution in [0.2, 0.25) is 0 Å². The second-order valence-electron chi connectivity index (χ2n) is 6.15. The number of carbonyl (C=O) groups excluding carboxylic acids is 1. The van der Waals surface area contributed by atoms with Crippen LogP contribution in [-0.2, 0) is 0 Å². The Morgan fingerprint density at radius 2 is 2.04 bits per heavy atom. The molecule has 1 atom stereocenters. The molecule has 1 aliphatic rings. The minimum absolute atomic E-state index is 0.151. The maximum Gasteiger partial charge on any atom is 0.274 e. The summed E-state index contributed by atoms with van der Waals surface area (Å²) in [5.41, 5.74) is 2.22. The Morgan fingerprint density at radius 1 is 1.25 bits per heavy atom. The molecular weight excluding hydrogens is 306 g/mol. The van der Waals surface area contributed by atoms with Crippen LogP contribution >= 0.6 is 0 Å². The summed E-state index contributed by atoms with van der Waals surface area (Å²) >= 11 is 0. The first kappa shape index (κ1) is 14.6. The van der Waals surface area contributed by atoms with E-state index in [1.807, 2.05) is 6.92 Å². The summed E-state index contributed by atoms with van der Waals surface area (Å²) in [5, 5.41) is 14.6. The topological polar surface area (TPSA) is 94.7 Å². The normalized spacial score (nSPS) is 17.5. The molecular formula is C17H17N5O2. The Morgan fingerprint density at radius 3 is 2.79 bits per heavy atom. The molecule has 7 heteroatoms. The van der Waals surface area contributed by atoms with Crippen LogP contribution in [-0.4, -0.2) is 44.3 Å². The van der Waals surface area contributed by atoms with E-state index in [0.29, 0.717) is 29.6 Å². The Balaban J connectivity index is 1.65. The highest BCUT2D eigenvalue weighted by Crippen LogP contribution is 2.29. The zero-order valence-corrected chi connectivity index (χ0v) is 13.2. The lowest BCUT2D eigenvalue weighted by atomic mass is 10.0. The minimum atomic E-state index is -0.283. The first-order valence-corrected chi connectivity index (χ1v) is 7.91. The minimum Gasteiger partial charge on any atom is -0.337 e. The summed E-state index contributed by atoms with van der Waals surface area (Å²) in [4.78, 5) is 26.5. The van der Waals surface area contributed by atoms with Gasteiger partial charge in [-0.05, 0) is 25.0 Å². The fraction of sp³-hybridized carbons (Fsp3) is 0.294. The average Bonchev–Trinajstić information content (AvgIpc) is 3.23. The van der Waals surface area contributed by atoms with Crippen LogP contribution in [0.5, 0.6) is 0 Å². The van der Waals surface area contributed by atoms with Crippen molar-refractivity contribution in [2.45, 2.75) is 19.3 Å². The molecule has 0 spiro atoms. The number of aromatic amines is 2. The van der Waals surface area contributed by atoms with E-state index in [4.69, 9.17) is 0 Å². The molecule has 0 saturated carbocycles. The number of hydrogen-bond acceptors (Lipinski definition) is 4. The van der Waals surface area contributed by atoms with E-state index in [0.717, 1.165) is 17.7 Å². The number of aromatic nitrogens is 4. The zero-order chi connectivity index (χ0) is 16.7. The number of hydrogen-bond donors (Lipinski definition) is 2. The third-order valence-electron chi connectivity index (χ3n) is 4.65. The average molecular weight is 323 g/mol. The van der Waals surface area contributed by atoms with Gasteiger partial charge in [-0.3, -0.25) is 14.7 Å². The molecule has 0 aliphatic carbocycles. The van der Waals surface area contributed by atoms with E-state index in [1.54, 1.807) is 35.4 Å². The third-order valence-corrected chi connectivity index (χ3v) is 4.65. The van der Waals surface area contributed by atoms with Crippen LogP contribution in [0.15, 0.2) is 35.3 Å². The molecule has 1 aliphatic heterocycles. The van der Waals surface area contributed by atoms with Crippen molar-refractivity contribution in [2.75, 3.05) is 13.1 Å². The van der Waals surface area contributed by atoms with Crippen molar-refractivity contribution in [2.24, 2.45) is 0 Å². The zero-order valence-electron chi connectivity index (χ0n) is 13.2. The van der Waals surface area contributed by atoms with Gasteiger partial charge in [0.25, 0.3) is 11.5 Å². The summed E-state index contributed by atoms with van der Waals surface area (Å²) in [6.45, 7) is 3.30. The first-order chi connectivity index (χ1) is 11.6. The van der Waals surface area contributed by atoms with Crippen molar-refractivity contribution < 1.29 is 4.79 Å². The monoisotopic (exact) mass is 323 g/mol. The number of H-pyrrole nitrogens is 2. The smallest absolute Gasteiger partial charge is 0.274 e. The van der Waals surface area contributed by atoms with Gasteiger partial charge in [0.05, 0.1) is 11.6 Å². The Hall–Kier alpha value is -2.96. The van der Waals surface area contributed by atoms with E-state index in [1.165, 1.54) is 0 Å². The number of fused-ring (bicyclic) bond motifs is 1. The molecule has 1 fully saturated rings. The van der Waals surface area contributed by atoms with Crippen LogP contribution in [0.4, 0.5) is 0 Å². The quantitative estimate of drug-likeness (QED) is 0.748. The van der Waals surface area contributed by atoms with Gasteiger partial charge in [0, 0.05) is 30.1 Å². The standard InChI is InChI=1S/C17H17N5O2/c1-10-8-18-19-14(10)11-6-7-22(9-11)17(24)15-12-4-2-3-5-13(12)16(23)21-20-15/h2-5,8,11H,6-7,9H2,1H3,(H,18,19)(H,21,23)/t11-/m1/s1. The molecule has 7 nitrogen and oxygen atoms in total. The van der Waals surface area contributed by atoms with Gasteiger partial charge in [-0.1, -0.05) is 18.2 Å². The molecule has 3 heterocycles. The van der Waals surface area contributed by atoms with Crippen molar-refractivity contribution in [3.05, 3.63) is 57.8 Å². The molecule has 0 unspecified atom stereocenters. The van der Waals surface area contributed by atoms with Crippen LogP contribution < -0.4 is 5.56 Å². The molecule has 4 rings (SSSR count). The van der Waals surface area contributed by atoms with Gasteiger partial charge in [-0.2, -0.15) is 10.2 Å². The Kier molecular flexibility index (Phi) is 3.41. The highest BCUT2D eigenvalue weighted by atomic mass is 16.2.